The van der Waals surface area contributed by atoms with Crippen molar-refractivity contribution in [2.75, 3.05) is 10.8 Å². The summed E-state index contributed by atoms with van der Waals surface area (Å²) < 4.78 is 15.2. The van der Waals surface area contributed by atoms with Gasteiger partial charge in [-0.25, -0.2) is 4.21 Å². The first kappa shape index (κ1) is 11.8. The summed E-state index contributed by atoms with van der Waals surface area (Å²) >= 11 is -1.69. The zero-order chi connectivity index (χ0) is 13.6. The fraction of sp³-hybridized carbons (Fsp3) is 0.0833. The van der Waals surface area contributed by atoms with E-state index in [1.165, 1.54) is 22.5 Å². The molecular formula is C12H10N2O4S. The maximum atomic E-state index is 11.7. The molecule has 19 heavy (non-hydrogen) atoms. The van der Waals surface area contributed by atoms with E-state index >= 15 is 0 Å². The Kier molecular flexibility index (Phi) is 2.56. The molecule has 3 N–H and O–H groups in total. The van der Waals surface area contributed by atoms with Crippen LogP contribution in [0, 0.1) is 0 Å². The summed E-state index contributed by atoms with van der Waals surface area (Å²) in [6, 6.07) is 7.80. The number of phenols is 2. The van der Waals surface area contributed by atoms with Gasteiger partial charge in [-0.05, 0) is 35.0 Å². The zero-order valence-electron chi connectivity index (χ0n) is 9.66. The van der Waals surface area contributed by atoms with E-state index in [2.05, 4.69) is 4.72 Å². The third-order valence-corrected chi connectivity index (χ3v) is 4.00. The van der Waals surface area contributed by atoms with Crippen molar-refractivity contribution in [1.82, 2.24) is 4.72 Å². The predicted molar refractivity (Wildman–Crippen MR) is 70.9 cm³/mol. The highest BCUT2D eigenvalue weighted by Crippen LogP contribution is 2.34. The molecule has 1 aliphatic heterocycles. The molecule has 0 radical (unpaired) electrons. The molecule has 0 aromatic heterocycles. The monoisotopic (exact) mass is 278 g/mol. The molecule has 0 spiro atoms. The van der Waals surface area contributed by atoms with Gasteiger partial charge in [0.25, 0.3) is 5.91 Å². The van der Waals surface area contributed by atoms with Crippen LogP contribution in [0.15, 0.2) is 30.3 Å². The lowest BCUT2D eigenvalue weighted by atomic mass is 10.1. The van der Waals surface area contributed by atoms with Crippen LogP contribution in [0.2, 0.25) is 0 Å². The predicted octanol–water partition coefficient (Wildman–Crippen LogP) is 0.766. The fourth-order valence-electron chi connectivity index (χ4n) is 2.01. The van der Waals surface area contributed by atoms with Crippen LogP contribution in [0.4, 0.5) is 5.69 Å². The average Bonchev–Trinajstić information content (AvgIpc) is 2.68. The highest BCUT2D eigenvalue weighted by molar-refractivity contribution is 7.85. The molecule has 1 fully saturated rings. The molecule has 6 nitrogen and oxygen atoms in total. The van der Waals surface area contributed by atoms with E-state index in [9.17, 15) is 19.2 Å². The zero-order valence-corrected chi connectivity index (χ0v) is 10.5. The van der Waals surface area contributed by atoms with E-state index in [0.29, 0.717) is 5.39 Å². The maximum absolute atomic E-state index is 11.7. The van der Waals surface area contributed by atoms with Gasteiger partial charge in [0, 0.05) is 0 Å². The number of anilines is 1. The number of rotatable bonds is 1. The summed E-state index contributed by atoms with van der Waals surface area (Å²) in [6.07, 6.45) is 0. The first-order valence-corrected chi connectivity index (χ1v) is 6.60. The third-order valence-electron chi connectivity index (χ3n) is 2.87. The molecule has 0 saturated carbocycles. The number of aromatic hydroxyl groups is 2. The lowest BCUT2D eigenvalue weighted by molar-refractivity contribution is -0.117. The van der Waals surface area contributed by atoms with Crippen LogP contribution in [0.5, 0.6) is 11.5 Å². The number of phenolic OH excluding ortho intramolecular Hbond substituents is 2. The van der Waals surface area contributed by atoms with E-state index < -0.39 is 11.2 Å². The molecule has 1 saturated heterocycles. The second-order valence-electron chi connectivity index (χ2n) is 4.18. The van der Waals surface area contributed by atoms with Gasteiger partial charge in [-0.2, -0.15) is 0 Å². The number of benzene rings is 2. The van der Waals surface area contributed by atoms with Gasteiger partial charge >= 0.3 is 0 Å². The van der Waals surface area contributed by atoms with Crippen molar-refractivity contribution in [3.8, 4) is 11.5 Å². The lowest BCUT2D eigenvalue weighted by Gasteiger charge is -2.16. The first-order valence-electron chi connectivity index (χ1n) is 5.49. The highest BCUT2D eigenvalue weighted by Gasteiger charge is 2.28. The molecule has 2 aromatic carbocycles. The number of hydrogen-bond donors (Lipinski definition) is 3. The minimum absolute atomic E-state index is 0.0666. The van der Waals surface area contributed by atoms with Gasteiger partial charge in [-0.15, -0.1) is 0 Å². The molecule has 0 aliphatic carbocycles. The molecule has 1 atom stereocenters. The largest absolute Gasteiger partial charge is 0.508 e. The number of nitrogens with zero attached hydrogens (tertiary/aromatic N) is 1. The number of carbonyl (C=O) groups excluding carboxylic acids is 1. The standard InChI is InChI=1S/C12H10N2O4S/c15-9-2-1-7-5-11(16)10(4-8(7)3-9)14-6-12(17)13-19(14)18/h1-5,15-16H,6H2,(H,13,17). The number of fused-ring (bicyclic) bond motifs is 1. The Hall–Kier alpha value is -2.28. The molecule has 1 heterocycles. The van der Waals surface area contributed by atoms with Crippen molar-refractivity contribution in [3.63, 3.8) is 0 Å². The molecule has 2 aromatic rings. The summed E-state index contributed by atoms with van der Waals surface area (Å²) in [5, 5.41) is 20.8. The molecule has 1 unspecified atom stereocenters. The number of hydrogen-bond acceptors (Lipinski definition) is 4. The van der Waals surface area contributed by atoms with Crippen LogP contribution in [0.25, 0.3) is 10.8 Å². The summed E-state index contributed by atoms with van der Waals surface area (Å²) in [5.74, 6) is -0.335. The Bertz CT molecular complexity index is 716. The fourth-order valence-corrected chi connectivity index (χ4v) is 2.94. The van der Waals surface area contributed by atoms with Gasteiger partial charge in [0.15, 0.2) is 0 Å². The molecule has 0 bridgehead atoms. The summed E-state index contributed by atoms with van der Waals surface area (Å²) in [7, 11) is 0. The molecule has 1 aliphatic rings. The quantitative estimate of drug-likeness (QED) is 0.718. The highest BCUT2D eigenvalue weighted by atomic mass is 32.2. The molecule has 3 rings (SSSR count). The van der Waals surface area contributed by atoms with Crippen LogP contribution in [0.3, 0.4) is 0 Å². The van der Waals surface area contributed by atoms with Gasteiger partial charge in [-0.3, -0.25) is 13.8 Å². The van der Waals surface area contributed by atoms with E-state index in [-0.39, 0.29) is 29.6 Å². The molecule has 1 amide bonds. The van der Waals surface area contributed by atoms with E-state index in [1.54, 1.807) is 12.1 Å². The Balaban J connectivity index is 2.15. The van der Waals surface area contributed by atoms with Crippen LogP contribution >= 0.6 is 0 Å². The van der Waals surface area contributed by atoms with Gasteiger partial charge in [-0.1, -0.05) is 6.07 Å². The average molecular weight is 278 g/mol. The second kappa shape index (κ2) is 4.13. The Morgan fingerprint density at radius 1 is 1.16 bits per heavy atom. The van der Waals surface area contributed by atoms with Crippen LogP contribution < -0.4 is 9.03 Å². The van der Waals surface area contributed by atoms with E-state index in [4.69, 9.17) is 0 Å². The van der Waals surface area contributed by atoms with Gasteiger partial charge < -0.3 is 10.2 Å². The third kappa shape index (κ3) is 1.97. The minimum atomic E-state index is -1.69. The maximum Gasteiger partial charge on any atom is 0.253 e. The number of amides is 1. The van der Waals surface area contributed by atoms with Crippen molar-refractivity contribution in [1.29, 1.82) is 0 Å². The SMILES string of the molecule is O=C1CN(c2cc3cc(O)ccc3cc2O)S(=O)N1. The molecule has 98 valence electrons. The Morgan fingerprint density at radius 2 is 1.95 bits per heavy atom. The first-order chi connectivity index (χ1) is 9.04. The minimum Gasteiger partial charge on any atom is -0.508 e. The summed E-state index contributed by atoms with van der Waals surface area (Å²) in [6.45, 7) is -0.0789. The molecular weight excluding hydrogens is 268 g/mol. The van der Waals surface area contributed by atoms with Crippen LogP contribution in [0.1, 0.15) is 0 Å². The number of nitrogens with one attached hydrogen (secondary N) is 1. The van der Waals surface area contributed by atoms with Gasteiger partial charge in [0.05, 0.1) is 5.69 Å². The van der Waals surface area contributed by atoms with Crippen LogP contribution in [-0.2, 0) is 16.0 Å². The lowest BCUT2D eigenvalue weighted by Crippen LogP contribution is -2.22. The normalized spacial score (nSPS) is 18.8. The molecule has 7 heteroatoms. The van der Waals surface area contributed by atoms with Gasteiger partial charge in [0.1, 0.15) is 18.0 Å². The van der Waals surface area contributed by atoms with Crippen molar-refractivity contribution in [2.24, 2.45) is 0 Å². The Labute approximate surface area is 111 Å². The van der Waals surface area contributed by atoms with Crippen LogP contribution in [-0.4, -0.2) is 26.9 Å². The van der Waals surface area contributed by atoms with Crippen molar-refractivity contribution < 1.29 is 19.2 Å². The second-order valence-corrected chi connectivity index (χ2v) is 5.33. The summed E-state index contributed by atoms with van der Waals surface area (Å²) in [4.78, 5) is 11.2. The Morgan fingerprint density at radius 3 is 2.63 bits per heavy atom. The van der Waals surface area contributed by atoms with Gasteiger partial charge in [0.2, 0.25) is 11.2 Å². The summed E-state index contributed by atoms with van der Waals surface area (Å²) in [5.41, 5.74) is 0.287. The topological polar surface area (TPSA) is 89.9 Å². The smallest absolute Gasteiger partial charge is 0.253 e. The van der Waals surface area contributed by atoms with Crippen molar-refractivity contribution in [2.45, 2.75) is 0 Å². The number of carbonyl (C=O) groups is 1. The van der Waals surface area contributed by atoms with Crippen molar-refractivity contribution >= 4 is 33.5 Å². The van der Waals surface area contributed by atoms with Crippen molar-refractivity contribution in [3.05, 3.63) is 30.3 Å². The van der Waals surface area contributed by atoms with E-state index in [1.807, 2.05) is 0 Å². The van der Waals surface area contributed by atoms with E-state index in [0.717, 1.165) is 5.39 Å².